The first-order valence-electron chi connectivity index (χ1n) is 7.25. The highest BCUT2D eigenvalue weighted by atomic mass is 19.2. The number of aromatic nitrogens is 1. The van der Waals surface area contributed by atoms with E-state index in [2.05, 4.69) is 15.6 Å². The van der Waals surface area contributed by atoms with Crippen LogP contribution in [0.15, 0.2) is 60.9 Å². The quantitative estimate of drug-likeness (QED) is 0.734. The minimum absolute atomic E-state index is 0.118. The summed E-state index contributed by atoms with van der Waals surface area (Å²) in [5.41, 5.74) is 1.29. The molecule has 0 aliphatic rings. The number of anilines is 3. The van der Waals surface area contributed by atoms with Crippen LogP contribution in [0.5, 0.6) is 0 Å². The summed E-state index contributed by atoms with van der Waals surface area (Å²) in [4.78, 5) is 16.2. The molecular weight excluding hydrogens is 331 g/mol. The summed E-state index contributed by atoms with van der Waals surface area (Å²) in [7, 11) is 0. The zero-order valence-electron chi connectivity index (χ0n) is 12.8. The van der Waals surface area contributed by atoms with Crippen LogP contribution in [0.25, 0.3) is 0 Å². The molecule has 1 heterocycles. The van der Waals surface area contributed by atoms with E-state index in [9.17, 15) is 18.0 Å². The van der Waals surface area contributed by atoms with E-state index >= 15 is 0 Å². The molecule has 2 N–H and O–H groups in total. The van der Waals surface area contributed by atoms with Crippen molar-refractivity contribution in [1.29, 1.82) is 0 Å². The fraction of sp³-hybridized carbons (Fsp3) is 0. The largest absolute Gasteiger partial charge is 0.354 e. The van der Waals surface area contributed by atoms with Gasteiger partial charge >= 0.3 is 0 Å². The van der Waals surface area contributed by atoms with Crippen molar-refractivity contribution in [3.63, 3.8) is 0 Å². The Balaban J connectivity index is 1.76. The van der Waals surface area contributed by atoms with E-state index in [1.54, 1.807) is 12.1 Å². The highest BCUT2D eigenvalue weighted by Gasteiger charge is 2.10. The number of carbonyl (C=O) groups is 1. The van der Waals surface area contributed by atoms with Crippen LogP contribution in [0.2, 0.25) is 0 Å². The summed E-state index contributed by atoms with van der Waals surface area (Å²) in [6, 6.07) is 10.4. The molecule has 7 heteroatoms. The molecule has 0 aliphatic carbocycles. The third kappa shape index (κ3) is 4.14. The van der Waals surface area contributed by atoms with Gasteiger partial charge in [0.1, 0.15) is 5.82 Å². The van der Waals surface area contributed by atoms with Crippen LogP contribution < -0.4 is 10.6 Å². The van der Waals surface area contributed by atoms with E-state index in [-0.39, 0.29) is 11.3 Å². The lowest BCUT2D eigenvalue weighted by molar-refractivity contribution is 0.102. The Kier molecular flexibility index (Phi) is 4.65. The Bertz CT molecular complexity index is 931. The molecule has 0 unspecified atom stereocenters. The highest BCUT2D eigenvalue weighted by Crippen LogP contribution is 2.19. The van der Waals surface area contributed by atoms with Gasteiger partial charge in [0.15, 0.2) is 11.6 Å². The summed E-state index contributed by atoms with van der Waals surface area (Å²) in [5, 5.41) is 5.38. The van der Waals surface area contributed by atoms with Gasteiger partial charge in [-0.2, -0.15) is 0 Å². The zero-order chi connectivity index (χ0) is 17.8. The van der Waals surface area contributed by atoms with Crippen LogP contribution in [-0.4, -0.2) is 10.9 Å². The average molecular weight is 343 g/mol. The molecule has 3 rings (SSSR count). The Morgan fingerprint density at radius 3 is 2.44 bits per heavy atom. The standard InChI is InChI=1S/C18H12F3N3O/c19-12-2-1-3-13(7-12)23-15-6-11(9-22-10-15)18(25)24-14-4-5-16(20)17(21)8-14/h1-10,23H,(H,24,25). The van der Waals surface area contributed by atoms with E-state index < -0.39 is 23.4 Å². The normalized spacial score (nSPS) is 10.4. The van der Waals surface area contributed by atoms with Crippen molar-refractivity contribution < 1.29 is 18.0 Å². The van der Waals surface area contributed by atoms with Crippen molar-refractivity contribution >= 4 is 23.0 Å². The predicted octanol–water partition coefficient (Wildman–Crippen LogP) is 4.49. The molecule has 1 amide bonds. The molecule has 126 valence electrons. The highest BCUT2D eigenvalue weighted by molar-refractivity contribution is 6.04. The molecule has 1 aromatic heterocycles. The van der Waals surface area contributed by atoms with Crippen molar-refractivity contribution in [2.45, 2.75) is 0 Å². The van der Waals surface area contributed by atoms with E-state index in [4.69, 9.17) is 0 Å². The Labute approximate surface area is 141 Å². The van der Waals surface area contributed by atoms with Crippen LogP contribution in [0.3, 0.4) is 0 Å². The second-order valence-electron chi connectivity index (χ2n) is 5.18. The number of amides is 1. The molecule has 2 aromatic carbocycles. The van der Waals surface area contributed by atoms with Crippen molar-refractivity contribution in [3.8, 4) is 0 Å². The second kappa shape index (κ2) is 7.04. The first-order chi connectivity index (χ1) is 12.0. The minimum atomic E-state index is -1.06. The minimum Gasteiger partial charge on any atom is -0.354 e. The zero-order valence-corrected chi connectivity index (χ0v) is 12.8. The lowest BCUT2D eigenvalue weighted by Crippen LogP contribution is -2.12. The second-order valence-corrected chi connectivity index (χ2v) is 5.18. The molecule has 0 bridgehead atoms. The number of nitrogens with one attached hydrogen (secondary N) is 2. The Hall–Kier alpha value is -3.35. The fourth-order valence-electron chi connectivity index (χ4n) is 2.14. The third-order valence-electron chi connectivity index (χ3n) is 3.29. The van der Waals surface area contributed by atoms with Crippen LogP contribution in [-0.2, 0) is 0 Å². The van der Waals surface area contributed by atoms with E-state index in [0.29, 0.717) is 11.4 Å². The van der Waals surface area contributed by atoms with Crippen LogP contribution in [0.4, 0.5) is 30.2 Å². The van der Waals surface area contributed by atoms with Crippen molar-refractivity contribution in [3.05, 3.63) is 83.9 Å². The Morgan fingerprint density at radius 2 is 1.68 bits per heavy atom. The number of pyridine rings is 1. The monoisotopic (exact) mass is 343 g/mol. The average Bonchev–Trinajstić information content (AvgIpc) is 2.58. The predicted molar refractivity (Wildman–Crippen MR) is 88.2 cm³/mol. The summed E-state index contributed by atoms with van der Waals surface area (Å²) in [6.45, 7) is 0. The van der Waals surface area contributed by atoms with Gasteiger partial charge < -0.3 is 10.6 Å². The third-order valence-corrected chi connectivity index (χ3v) is 3.29. The molecule has 0 aliphatic heterocycles. The number of nitrogens with zero attached hydrogens (tertiary/aromatic N) is 1. The molecule has 0 saturated carbocycles. The maximum atomic E-state index is 13.2. The molecule has 0 fully saturated rings. The van der Waals surface area contributed by atoms with Gasteiger partial charge in [-0.15, -0.1) is 0 Å². The molecule has 0 spiro atoms. The van der Waals surface area contributed by atoms with Gasteiger partial charge in [0.05, 0.1) is 17.4 Å². The van der Waals surface area contributed by atoms with E-state index in [1.807, 2.05) is 0 Å². The summed E-state index contributed by atoms with van der Waals surface area (Å²) in [6.07, 6.45) is 2.80. The van der Waals surface area contributed by atoms with E-state index in [1.165, 1.54) is 36.7 Å². The maximum absolute atomic E-state index is 13.2. The molecular formula is C18H12F3N3O. The van der Waals surface area contributed by atoms with Gasteiger partial charge in [-0.3, -0.25) is 9.78 Å². The van der Waals surface area contributed by atoms with Crippen LogP contribution >= 0.6 is 0 Å². The van der Waals surface area contributed by atoms with Gasteiger partial charge in [0.2, 0.25) is 0 Å². The molecule has 0 atom stereocenters. The van der Waals surface area contributed by atoms with Gasteiger partial charge in [-0.05, 0) is 36.4 Å². The summed E-state index contributed by atoms with van der Waals surface area (Å²) >= 11 is 0. The number of carbonyl (C=O) groups excluding carboxylic acids is 1. The van der Waals surface area contributed by atoms with Gasteiger partial charge in [0, 0.05) is 23.6 Å². The number of benzene rings is 2. The molecule has 0 radical (unpaired) electrons. The van der Waals surface area contributed by atoms with Crippen molar-refractivity contribution in [2.75, 3.05) is 10.6 Å². The molecule has 25 heavy (non-hydrogen) atoms. The van der Waals surface area contributed by atoms with Crippen LogP contribution in [0, 0.1) is 17.5 Å². The topological polar surface area (TPSA) is 54.0 Å². The molecule has 4 nitrogen and oxygen atoms in total. The van der Waals surface area contributed by atoms with E-state index in [0.717, 1.165) is 12.1 Å². The summed E-state index contributed by atoms with van der Waals surface area (Å²) < 4.78 is 39.3. The molecule has 0 saturated heterocycles. The lowest BCUT2D eigenvalue weighted by Gasteiger charge is -2.09. The SMILES string of the molecule is O=C(Nc1ccc(F)c(F)c1)c1cncc(Nc2cccc(F)c2)c1. The number of rotatable bonds is 4. The maximum Gasteiger partial charge on any atom is 0.257 e. The number of halogens is 3. The lowest BCUT2D eigenvalue weighted by atomic mass is 10.2. The van der Waals surface area contributed by atoms with Crippen LogP contribution in [0.1, 0.15) is 10.4 Å². The Morgan fingerprint density at radius 1 is 0.840 bits per heavy atom. The van der Waals surface area contributed by atoms with Gasteiger partial charge in [-0.1, -0.05) is 6.07 Å². The smallest absolute Gasteiger partial charge is 0.257 e. The first-order valence-corrected chi connectivity index (χ1v) is 7.25. The first kappa shape index (κ1) is 16.5. The van der Waals surface area contributed by atoms with Crippen molar-refractivity contribution in [2.24, 2.45) is 0 Å². The summed E-state index contributed by atoms with van der Waals surface area (Å²) in [5.74, 6) is -3.00. The van der Waals surface area contributed by atoms with Crippen molar-refractivity contribution in [1.82, 2.24) is 4.98 Å². The fourth-order valence-corrected chi connectivity index (χ4v) is 2.14. The number of hydrogen-bond donors (Lipinski definition) is 2. The molecule has 3 aromatic rings. The van der Waals surface area contributed by atoms with Gasteiger partial charge in [0.25, 0.3) is 5.91 Å². The van der Waals surface area contributed by atoms with Gasteiger partial charge in [-0.25, -0.2) is 13.2 Å². The number of hydrogen-bond acceptors (Lipinski definition) is 3.